The highest BCUT2D eigenvalue weighted by Gasteiger charge is 2.53. The highest BCUT2D eigenvalue weighted by molar-refractivity contribution is 5.80. The lowest BCUT2D eigenvalue weighted by molar-refractivity contribution is -0.120. The van der Waals surface area contributed by atoms with Gasteiger partial charge in [-0.1, -0.05) is 51.1 Å². The Balaban J connectivity index is 1.84. The summed E-state index contributed by atoms with van der Waals surface area (Å²) in [5.74, 6) is 0.858. The summed E-state index contributed by atoms with van der Waals surface area (Å²) in [5.41, 5.74) is 1.93. The van der Waals surface area contributed by atoms with Crippen molar-refractivity contribution in [3.8, 4) is 0 Å². The number of nitrogens with one attached hydrogen (secondary N) is 1. The molecule has 1 aliphatic carbocycles. The predicted molar refractivity (Wildman–Crippen MR) is 85.9 cm³/mol. The molecule has 1 amide bonds. The van der Waals surface area contributed by atoms with Crippen LogP contribution in [0.3, 0.4) is 0 Å². The topological polar surface area (TPSA) is 29.1 Å². The van der Waals surface area contributed by atoms with Gasteiger partial charge in [-0.3, -0.25) is 4.79 Å². The lowest BCUT2D eigenvalue weighted by atomic mass is 9.56. The third-order valence-corrected chi connectivity index (χ3v) is 5.91. The van der Waals surface area contributed by atoms with Crippen molar-refractivity contribution in [1.29, 1.82) is 0 Å². The van der Waals surface area contributed by atoms with Crippen LogP contribution in [0.4, 0.5) is 0 Å². The second kappa shape index (κ2) is 5.15. The Morgan fingerprint density at radius 3 is 2.57 bits per heavy atom. The molecule has 2 fully saturated rings. The molecule has 3 atom stereocenters. The van der Waals surface area contributed by atoms with Crippen LogP contribution in [0.2, 0.25) is 0 Å². The molecule has 114 valence electrons. The summed E-state index contributed by atoms with van der Waals surface area (Å²) in [7, 11) is 0. The van der Waals surface area contributed by atoms with Crippen LogP contribution in [0.15, 0.2) is 30.3 Å². The number of carbonyl (C=O) groups is 1. The van der Waals surface area contributed by atoms with Crippen LogP contribution < -0.4 is 5.32 Å². The molecule has 1 spiro atoms. The maximum atomic E-state index is 12.1. The van der Waals surface area contributed by atoms with E-state index in [4.69, 9.17) is 0 Å². The molecule has 3 unspecified atom stereocenters. The standard InChI is InChI=1S/C19H27NO/c1-14-12-18(2,3)9-10-19(14)13-17(21)20-16(19)11-15-7-5-4-6-8-15/h4-8,14,16H,9-13H2,1-3H3,(H,20,21). The summed E-state index contributed by atoms with van der Waals surface area (Å²) in [4.78, 5) is 12.1. The molecule has 1 heterocycles. The second-order valence-corrected chi connectivity index (χ2v) is 7.99. The van der Waals surface area contributed by atoms with Gasteiger partial charge in [-0.25, -0.2) is 0 Å². The highest BCUT2D eigenvalue weighted by Crippen LogP contribution is 2.54. The molecule has 2 nitrogen and oxygen atoms in total. The number of hydrogen-bond acceptors (Lipinski definition) is 1. The van der Waals surface area contributed by atoms with Crippen LogP contribution in [0.1, 0.15) is 52.0 Å². The highest BCUT2D eigenvalue weighted by atomic mass is 16.2. The predicted octanol–water partition coefficient (Wildman–Crippen LogP) is 3.95. The number of benzene rings is 1. The monoisotopic (exact) mass is 285 g/mol. The van der Waals surface area contributed by atoms with Gasteiger partial charge in [0, 0.05) is 17.9 Å². The summed E-state index contributed by atoms with van der Waals surface area (Å²) in [6.07, 6.45) is 5.33. The van der Waals surface area contributed by atoms with Gasteiger partial charge in [0.15, 0.2) is 0 Å². The first-order valence-corrected chi connectivity index (χ1v) is 8.25. The van der Waals surface area contributed by atoms with Gasteiger partial charge in [0.1, 0.15) is 0 Å². The van der Waals surface area contributed by atoms with Crippen molar-refractivity contribution in [3.05, 3.63) is 35.9 Å². The zero-order chi connectivity index (χ0) is 15.1. The van der Waals surface area contributed by atoms with Crippen LogP contribution in [0.5, 0.6) is 0 Å². The van der Waals surface area contributed by atoms with Crippen molar-refractivity contribution in [1.82, 2.24) is 5.32 Å². The molecule has 0 aromatic heterocycles. The third-order valence-electron chi connectivity index (χ3n) is 5.91. The smallest absolute Gasteiger partial charge is 0.220 e. The van der Waals surface area contributed by atoms with E-state index < -0.39 is 0 Å². The molecular formula is C19H27NO. The first kappa shape index (κ1) is 14.6. The average molecular weight is 285 g/mol. The van der Waals surface area contributed by atoms with Gasteiger partial charge in [0.05, 0.1) is 0 Å². The molecule has 1 saturated heterocycles. The van der Waals surface area contributed by atoms with Crippen molar-refractivity contribution in [2.75, 3.05) is 0 Å². The van der Waals surface area contributed by atoms with Gasteiger partial charge in [-0.15, -0.1) is 0 Å². The van der Waals surface area contributed by atoms with Gasteiger partial charge in [0.2, 0.25) is 5.91 Å². The molecule has 1 aromatic rings. The van der Waals surface area contributed by atoms with Gasteiger partial charge < -0.3 is 5.32 Å². The fourth-order valence-corrected chi connectivity index (χ4v) is 4.65. The van der Waals surface area contributed by atoms with E-state index in [1.807, 2.05) is 0 Å². The van der Waals surface area contributed by atoms with E-state index in [-0.39, 0.29) is 11.3 Å². The number of amides is 1. The molecule has 1 aromatic carbocycles. The Labute approximate surface area is 128 Å². The molecule has 21 heavy (non-hydrogen) atoms. The van der Waals surface area contributed by atoms with Crippen LogP contribution in [0, 0.1) is 16.7 Å². The van der Waals surface area contributed by atoms with E-state index >= 15 is 0 Å². The first-order chi connectivity index (χ1) is 9.91. The number of rotatable bonds is 2. The van der Waals surface area contributed by atoms with Crippen molar-refractivity contribution in [2.24, 2.45) is 16.7 Å². The Hall–Kier alpha value is -1.31. The molecule has 1 aliphatic heterocycles. The fourth-order valence-electron chi connectivity index (χ4n) is 4.65. The Morgan fingerprint density at radius 2 is 1.90 bits per heavy atom. The van der Waals surface area contributed by atoms with E-state index in [0.29, 0.717) is 17.4 Å². The molecule has 0 bridgehead atoms. The van der Waals surface area contributed by atoms with Crippen molar-refractivity contribution in [3.63, 3.8) is 0 Å². The lowest BCUT2D eigenvalue weighted by Crippen LogP contribution is -2.47. The molecular weight excluding hydrogens is 258 g/mol. The minimum absolute atomic E-state index is 0.169. The largest absolute Gasteiger partial charge is 0.352 e. The Kier molecular flexibility index (Phi) is 3.59. The summed E-state index contributed by atoms with van der Waals surface area (Å²) >= 11 is 0. The Morgan fingerprint density at radius 1 is 1.19 bits per heavy atom. The van der Waals surface area contributed by atoms with Crippen molar-refractivity contribution >= 4 is 5.91 Å². The number of carbonyl (C=O) groups excluding carboxylic acids is 1. The molecule has 2 aliphatic rings. The lowest BCUT2D eigenvalue weighted by Gasteiger charge is -2.49. The summed E-state index contributed by atoms with van der Waals surface area (Å²) in [6.45, 7) is 7.10. The van der Waals surface area contributed by atoms with Crippen LogP contribution >= 0.6 is 0 Å². The van der Waals surface area contributed by atoms with E-state index in [2.05, 4.69) is 56.4 Å². The quantitative estimate of drug-likeness (QED) is 0.876. The second-order valence-electron chi connectivity index (χ2n) is 7.99. The van der Waals surface area contributed by atoms with E-state index in [1.165, 1.54) is 24.8 Å². The maximum Gasteiger partial charge on any atom is 0.220 e. The zero-order valence-corrected chi connectivity index (χ0v) is 13.5. The third kappa shape index (κ3) is 2.73. The maximum absolute atomic E-state index is 12.1. The van der Waals surface area contributed by atoms with Crippen molar-refractivity contribution < 1.29 is 4.79 Å². The van der Waals surface area contributed by atoms with E-state index in [9.17, 15) is 4.79 Å². The minimum Gasteiger partial charge on any atom is -0.352 e. The summed E-state index contributed by atoms with van der Waals surface area (Å²) in [6, 6.07) is 10.9. The molecule has 3 rings (SSSR count). The molecule has 1 saturated carbocycles. The van der Waals surface area contributed by atoms with Gasteiger partial charge in [-0.05, 0) is 42.6 Å². The van der Waals surface area contributed by atoms with Gasteiger partial charge >= 0.3 is 0 Å². The van der Waals surface area contributed by atoms with Crippen LogP contribution in [-0.2, 0) is 11.2 Å². The average Bonchev–Trinajstić information content (AvgIpc) is 2.73. The SMILES string of the molecule is CC1CC(C)(C)CCC12CC(=O)NC2Cc1ccccc1. The van der Waals surface area contributed by atoms with E-state index in [1.54, 1.807) is 0 Å². The Bertz CT molecular complexity index is 522. The number of hydrogen-bond donors (Lipinski definition) is 1. The summed E-state index contributed by atoms with van der Waals surface area (Å²) < 4.78 is 0. The van der Waals surface area contributed by atoms with Gasteiger partial charge in [0.25, 0.3) is 0 Å². The van der Waals surface area contributed by atoms with Crippen molar-refractivity contribution in [2.45, 2.75) is 58.9 Å². The van der Waals surface area contributed by atoms with Crippen LogP contribution in [-0.4, -0.2) is 11.9 Å². The molecule has 0 radical (unpaired) electrons. The summed E-state index contributed by atoms with van der Waals surface area (Å²) in [5, 5.41) is 3.28. The molecule has 1 N–H and O–H groups in total. The fraction of sp³-hybridized carbons (Fsp3) is 0.632. The normalized spacial score (nSPS) is 34.9. The van der Waals surface area contributed by atoms with Crippen LogP contribution in [0.25, 0.3) is 0 Å². The minimum atomic E-state index is 0.169. The van der Waals surface area contributed by atoms with E-state index in [0.717, 1.165) is 12.8 Å². The molecule has 2 heteroatoms. The van der Waals surface area contributed by atoms with Gasteiger partial charge in [-0.2, -0.15) is 0 Å². The zero-order valence-electron chi connectivity index (χ0n) is 13.5. The first-order valence-electron chi connectivity index (χ1n) is 8.25.